The molecule has 86 valence electrons. The summed E-state index contributed by atoms with van der Waals surface area (Å²) in [5.74, 6) is 0. The Labute approximate surface area is 81.9 Å². The van der Waals surface area contributed by atoms with Crippen LogP contribution in [0, 0.1) is 0 Å². The van der Waals surface area contributed by atoms with Crippen LogP contribution in [0.1, 0.15) is 26.7 Å². The van der Waals surface area contributed by atoms with Gasteiger partial charge < -0.3 is 14.7 Å². The maximum Gasteiger partial charge on any atom is 0.481 e. The van der Waals surface area contributed by atoms with Crippen LogP contribution in [-0.2, 0) is 18.0 Å². The lowest BCUT2D eigenvalue weighted by molar-refractivity contribution is 0.131. The monoisotopic (exact) mass is 248 g/mol. The Bertz CT molecular complexity index is 259. The molecule has 0 saturated heterocycles. The quantitative estimate of drug-likeness (QED) is 0.608. The van der Waals surface area contributed by atoms with E-state index >= 15 is 0 Å². The Morgan fingerprint density at radius 2 is 1.79 bits per heavy atom. The highest BCUT2D eigenvalue weighted by molar-refractivity contribution is 7.60. The molecule has 14 heavy (non-hydrogen) atoms. The van der Waals surface area contributed by atoms with Crippen molar-refractivity contribution in [3.8, 4) is 0 Å². The zero-order valence-electron chi connectivity index (χ0n) is 7.86. The third-order valence-corrected chi connectivity index (χ3v) is 3.52. The number of phosphoric acid groups is 2. The van der Waals surface area contributed by atoms with E-state index in [2.05, 4.69) is 8.83 Å². The average Bonchev–Trinajstić information content (AvgIpc) is 1.78. The summed E-state index contributed by atoms with van der Waals surface area (Å²) < 4.78 is 29.2. The molecule has 0 aliphatic heterocycles. The van der Waals surface area contributed by atoms with E-state index < -0.39 is 21.7 Å². The van der Waals surface area contributed by atoms with Crippen LogP contribution in [0.5, 0.6) is 0 Å². The molecule has 0 amide bonds. The van der Waals surface area contributed by atoms with E-state index in [1.165, 1.54) is 6.92 Å². The Kier molecular flexibility index (Phi) is 5.47. The van der Waals surface area contributed by atoms with Gasteiger partial charge in [-0.25, -0.2) is 9.13 Å². The molecule has 2 atom stereocenters. The van der Waals surface area contributed by atoms with Crippen molar-refractivity contribution in [3.63, 3.8) is 0 Å². The Morgan fingerprint density at radius 3 is 2.14 bits per heavy atom. The molecular weight excluding hydrogens is 234 g/mol. The molecule has 0 aromatic carbocycles. The van der Waals surface area contributed by atoms with E-state index in [0.717, 1.165) is 6.42 Å². The zero-order chi connectivity index (χ0) is 11.4. The van der Waals surface area contributed by atoms with Crippen molar-refractivity contribution in [2.24, 2.45) is 0 Å². The minimum Gasteiger partial charge on any atom is -0.302 e. The van der Waals surface area contributed by atoms with Crippen LogP contribution in [0.25, 0.3) is 0 Å². The Hall–Kier alpha value is 0.260. The molecule has 0 aromatic heterocycles. The standard InChI is InChI=1S/C5H14O7P2/c1-3-4-5(2)11-14(9,10)12-13(6,7)8/h5H,3-4H2,1-2H3,(H,9,10)(H2,6,7,8). The van der Waals surface area contributed by atoms with Gasteiger partial charge >= 0.3 is 15.6 Å². The summed E-state index contributed by atoms with van der Waals surface area (Å²) in [6, 6.07) is 0. The van der Waals surface area contributed by atoms with Crippen LogP contribution in [0.4, 0.5) is 0 Å². The predicted molar refractivity (Wildman–Crippen MR) is 48.4 cm³/mol. The van der Waals surface area contributed by atoms with Gasteiger partial charge in [0.05, 0.1) is 6.10 Å². The summed E-state index contributed by atoms with van der Waals surface area (Å²) >= 11 is 0. The molecule has 0 spiro atoms. The topological polar surface area (TPSA) is 113 Å². The van der Waals surface area contributed by atoms with Gasteiger partial charge in [0.1, 0.15) is 0 Å². The van der Waals surface area contributed by atoms with E-state index in [1.54, 1.807) is 0 Å². The van der Waals surface area contributed by atoms with Crippen molar-refractivity contribution in [1.82, 2.24) is 0 Å². The molecule has 0 aliphatic rings. The van der Waals surface area contributed by atoms with Crippen LogP contribution < -0.4 is 0 Å². The smallest absolute Gasteiger partial charge is 0.302 e. The van der Waals surface area contributed by atoms with Crippen LogP contribution in [-0.4, -0.2) is 20.8 Å². The second-order valence-electron chi connectivity index (χ2n) is 2.75. The second-order valence-corrected chi connectivity index (χ2v) is 5.53. The van der Waals surface area contributed by atoms with Gasteiger partial charge in [-0.05, 0) is 13.3 Å². The van der Waals surface area contributed by atoms with Gasteiger partial charge in [-0.15, -0.1) is 0 Å². The first-order valence-electron chi connectivity index (χ1n) is 3.94. The van der Waals surface area contributed by atoms with Crippen molar-refractivity contribution in [2.75, 3.05) is 0 Å². The van der Waals surface area contributed by atoms with E-state index in [-0.39, 0.29) is 0 Å². The Balaban J connectivity index is 4.21. The second kappa shape index (κ2) is 5.37. The molecule has 7 nitrogen and oxygen atoms in total. The molecule has 0 rings (SSSR count). The minimum absolute atomic E-state index is 0.495. The van der Waals surface area contributed by atoms with Gasteiger partial charge in [0, 0.05) is 0 Å². The predicted octanol–water partition coefficient (Wildman–Crippen LogP) is 1.40. The molecule has 3 N–H and O–H groups in total. The van der Waals surface area contributed by atoms with Gasteiger partial charge in [-0.3, -0.25) is 4.52 Å². The van der Waals surface area contributed by atoms with Crippen LogP contribution >= 0.6 is 15.6 Å². The van der Waals surface area contributed by atoms with Crippen molar-refractivity contribution < 1.29 is 32.6 Å². The lowest BCUT2D eigenvalue weighted by Crippen LogP contribution is -2.06. The third kappa shape index (κ3) is 7.64. The van der Waals surface area contributed by atoms with Gasteiger partial charge in [0.2, 0.25) is 0 Å². The summed E-state index contributed by atoms with van der Waals surface area (Å²) in [6.07, 6.45) is 0.619. The first-order valence-corrected chi connectivity index (χ1v) is 6.97. The highest BCUT2D eigenvalue weighted by Gasteiger charge is 2.33. The fraction of sp³-hybridized carbons (Fsp3) is 1.00. The van der Waals surface area contributed by atoms with Crippen LogP contribution in [0.15, 0.2) is 0 Å². The summed E-state index contributed by atoms with van der Waals surface area (Å²) in [6.45, 7) is 3.35. The molecule has 2 unspecified atom stereocenters. The maximum absolute atomic E-state index is 10.9. The highest BCUT2D eigenvalue weighted by Crippen LogP contribution is 2.58. The van der Waals surface area contributed by atoms with Crippen molar-refractivity contribution in [2.45, 2.75) is 32.8 Å². The minimum atomic E-state index is -5.00. The largest absolute Gasteiger partial charge is 0.481 e. The molecule has 0 aromatic rings. The summed E-state index contributed by atoms with van der Waals surface area (Å²) in [4.78, 5) is 25.4. The zero-order valence-corrected chi connectivity index (χ0v) is 9.65. The normalized spacial score (nSPS) is 18.9. The van der Waals surface area contributed by atoms with Crippen molar-refractivity contribution in [3.05, 3.63) is 0 Å². The first kappa shape index (κ1) is 14.3. The number of phosphoric ester groups is 1. The fourth-order valence-electron chi connectivity index (χ4n) is 0.840. The summed E-state index contributed by atoms with van der Waals surface area (Å²) in [5.41, 5.74) is 0. The summed E-state index contributed by atoms with van der Waals surface area (Å²) in [7, 11) is -9.66. The van der Waals surface area contributed by atoms with Crippen molar-refractivity contribution >= 4 is 15.6 Å². The van der Waals surface area contributed by atoms with Crippen LogP contribution in [0.3, 0.4) is 0 Å². The lowest BCUT2D eigenvalue weighted by Gasteiger charge is -2.16. The van der Waals surface area contributed by atoms with E-state index in [4.69, 9.17) is 14.7 Å². The van der Waals surface area contributed by atoms with E-state index in [1.807, 2.05) is 6.92 Å². The molecule has 0 aliphatic carbocycles. The van der Waals surface area contributed by atoms with E-state index in [9.17, 15) is 9.13 Å². The highest BCUT2D eigenvalue weighted by atomic mass is 31.3. The third-order valence-electron chi connectivity index (χ3n) is 1.22. The number of hydrogen-bond donors (Lipinski definition) is 3. The molecule has 0 bridgehead atoms. The average molecular weight is 248 g/mol. The van der Waals surface area contributed by atoms with Gasteiger partial charge in [-0.1, -0.05) is 13.3 Å². The first-order chi connectivity index (χ1) is 6.16. The number of hydrogen-bond acceptors (Lipinski definition) is 4. The lowest BCUT2D eigenvalue weighted by atomic mass is 10.2. The van der Waals surface area contributed by atoms with Crippen LogP contribution in [0.2, 0.25) is 0 Å². The van der Waals surface area contributed by atoms with E-state index in [0.29, 0.717) is 6.42 Å². The van der Waals surface area contributed by atoms with Crippen molar-refractivity contribution in [1.29, 1.82) is 0 Å². The maximum atomic E-state index is 10.9. The molecular formula is C5H14O7P2. The fourth-order valence-corrected chi connectivity index (χ4v) is 2.63. The number of rotatable bonds is 6. The molecule has 0 fully saturated rings. The Morgan fingerprint density at radius 1 is 1.29 bits per heavy atom. The van der Waals surface area contributed by atoms with Gasteiger partial charge in [0.25, 0.3) is 0 Å². The van der Waals surface area contributed by atoms with Gasteiger partial charge in [0.15, 0.2) is 0 Å². The summed E-state index contributed by atoms with van der Waals surface area (Å²) in [5, 5.41) is 0. The SMILES string of the molecule is CCCC(C)OP(=O)(O)OP(=O)(O)O. The molecule has 0 saturated carbocycles. The molecule has 0 radical (unpaired) electrons. The molecule has 0 heterocycles. The van der Waals surface area contributed by atoms with Gasteiger partial charge in [-0.2, -0.15) is 4.31 Å². The molecule has 9 heteroatoms.